The van der Waals surface area contributed by atoms with Crippen molar-refractivity contribution in [2.24, 2.45) is 5.10 Å². The average molecular weight is 466 g/mol. The number of furan rings is 2. The molecule has 8 nitrogen and oxygen atoms in total. The highest BCUT2D eigenvalue weighted by atomic mass is 16.5. The van der Waals surface area contributed by atoms with Gasteiger partial charge in [0.15, 0.2) is 5.76 Å². The minimum Gasteiger partial charge on any atom is -0.464 e. The lowest BCUT2D eigenvalue weighted by Gasteiger charge is -2.13. The van der Waals surface area contributed by atoms with Gasteiger partial charge in [0.2, 0.25) is 5.91 Å². The Morgan fingerprint density at radius 1 is 1.15 bits per heavy atom. The number of ether oxygens (including phenoxy) is 1. The van der Waals surface area contributed by atoms with Gasteiger partial charge in [-0.3, -0.25) is 9.59 Å². The van der Waals surface area contributed by atoms with E-state index in [1.54, 1.807) is 13.4 Å². The lowest BCUT2D eigenvalue weighted by molar-refractivity contribution is -0.120. The molecule has 180 valence electrons. The molecule has 0 unspecified atom stereocenters. The van der Waals surface area contributed by atoms with Crippen LogP contribution >= 0.6 is 0 Å². The number of methoxy groups -OCH3 is 1. The molecule has 1 aromatic carbocycles. The van der Waals surface area contributed by atoms with E-state index in [9.17, 15) is 9.59 Å². The Hall–Kier alpha value is -3.39. The summed E-state index contributed by atoms with van der Waals surface area (Å²) in [5, 5.41) is 8.22. The molecule has 2 N–H and O–H groups in total. The van der Waals surface area contributed by atoms with E-state index in [1.807, 2.05) is 32.9 Å². The highest BCUT2D eigenvalue weighted by molar-refractivity contribution is 6.06. The maximum atomic E-state index is 12.7. The lowest BCUT2D eigenvalue weighted by Crippen LogP contribution is -2.25. The normalized spacial score (nSPS) is 14.4. The Bertz CT molecular complexity index is 1250. The van der Waals surface area contributed by atoms with E-state index in [4.69, 9.17) is 13.6 Å². The molecule has 2 amide bonds. The summed E-state index contributed by atoms with van der Waals surface area (Å²) < 4.78 is 16.6. The van der Waals surface area contributed by atoms with Crippen molar-refractivity contribution in [3.8, 4) is 0 Å². The molecule has 8 heteroatoms. The number of benzene rings is 1. The van der Waals surface area contributed by atoms with Crippen LogP contribution in [0.5, 0.6) is 0 Å². The average Bonchev–Trinajstić information content (AvgIpc) is 3.39. The van der Waals surface area contributed by atoms with Crippen molar-refractivity contribution < 1.29 is 23.2 Å². The summed E-state index contributed by atoms with van der Waals surface area (Å²) in [6.07, 6.45) is 4.81. The maximum absolute atomic E-state index is 12.7. The van der Waals surface area contributed by atoms with Crippen LogP contribution in [-0.2, 0) is 22.4 Å². The highest BCUT2D eigenvalue weighted by Crippen LogP contribution is 2.30. The molecule has 0 atom stereocenters. The molecule has 0 saturated heterocycles. The first-order chi connectivity index (χ1) is 16.4. The fraction of sp³-hybridized carbons (Fsp3) is 0.423. The zero-order valence-corrected chi connectivity index (χ0v) is 20.2. The molecular formula is C26H31N3O5. The van der Waals surface area contributed by atoms with Crippen molar-refractivity contribution in [2.45, 2.75) is 52.9 Å². The fourth-order valence-corrected chi connectivity index (χ4v) is 4.36. The van der Waals surface area contributed by atoms with Gasteiger partial charge in [-0.15, -0.1) is 0 Å². The zero-order chi connectivity index (χ0) is 24.2. The van der Waals surface area contributed by atoms with Gasteiger partial charge in [-0.2, -0.15) is 5.10 Å². The fourth-order valence-electron chi connectivity index (χ4n) is 4.36. The second-order valence-corrected chi connectivity index (χ2v) is 8.73. The van der Waals surface area contributed by atoms with Crippen LogP contribution in [0.2, 0.25) is 0 Å². The third-order valence-electron chi connectivity index (χ3n) is 6.35. The van der Waals surface area contributed by atoms with Crippen molar-refractivity contribution in [1.82, 2.24) is 10.7 Å². The first kappa shape index (κ1) is 23.8. The predicted molar refractivity (Wildman–Crippen MR) is 129 cm³/mol. The van der Waals surface area contributed by atoms with Gasteiger partial charge in [0.1, 0.15) is 11.3 Å². The van der Waals surface area contributed by atoms with Gasteiger partial charge in [-0.1, -0.05) is 12.1 Å². The van der Waals surface area contributed by atoms with Crippen molar-refractivity contribution >= 4 is 28.5 Å². The second-order valence-electron chi connectivity index (χ2n) is 8.73. The number of carbonyl (C=O) groups is 2. The molecule has 1 aliphatic carbocycles. The lowest BCUT2D eigenvalue weighted by atomic mass is 9.93. The van der Waals surface area contributed by atoms with E-state index < -0.39 is 0 Å². The Morgan fingerprint density at radius 2 is 1.97 bits per heavy atom. The van der Waals surface area contributed by atoms with Gasteiger partial charge in [-0.25, -0.2) is 5.43 Å². The number of nitrogens with one attached hydrogen (secondary N) is 2. The molecule has 0 bridgehead atoms. The third kappa shape index (κ3) is 4.77. The standard InChI is InChI=1S/C26H31N3O5/c1-15-9-10-19-18(14-33-24(19)16(15)2)13-22(30)29-28-20-7-5-8-21-23(20)17(3)25(34-21)26(31)27-11-6-12-32-4/h9-10,14H,5-8,11-13H2,1-4H3,(H,27,31)(H,29,30)/b28-20+. The molecule has 0 spiro atoms. The van der Waals surface area contributed by atoms with Crippen LogP contribution in [0.3, 0.4) is 0 Å². The molecule has 0 radical (unpaired) electrons. The monoisotopic (exact) mass is 465 g/mol. The Labute approximate surface area is 198 Å². The van der Waals surface area contributed by atoms with Gasteiger partial charge >= 0.3 is 0 Å². The van der Waals surface area contributed by atoms with Crippen molar-refractivity contribution in [3.63, 3.8) is 0 Å². The minimum absolute atomic E-state index is 0.165. The van der Waals surface area contributed by atoms with Crippen LogP contribution in [0.15, 0.2) is 32.3 Å². The molecule has 0 fully saturated rings. The zero-order valence-electron chi connectivity index (χ0n) is 20.2. The summed E-state index contributed by atoms with van der Waals surface area (Å²) in [7, 11) is 1.63. The van der Waals surface area contributed by atoms with E-state index in [2.05, 4.69) is 15.8 Å². The number of rotatable bonds is 8. The van der Waals surface area contributed by atoms with Crippen molar-refractivity contribution in [3.05, 3.63) is 57.7 Å². The van der Waals surface area contributed by atoms with E-state index in [0.717, 1.165) is 69.5 Å². The number of hydrogen-bond donors (Lipinski definition) is 2. The number of fused-ring (bicyclic) bond motifs is 2. The number of amides is 2. The number of aryl methyl sites for hydroxylation is 3. The minimum atomic E-state index is -0.247. The summed E-state index contributed by atoms with van der Waals surface area (Å²) in [5.41, 5.74) is 8.86. The largest absolute Gasteiger partial charge is 0.464 e. The maximum Gasteiger partial charge on any atom is 0.287 e. The quantitative estimate of drug-likeness (QED) is 0.385. The number of hydrogen-bond acceptors (Lipinski definition) is 6. The van der Waals surface area contributed by atoms with Crippen LogP contribution < -0.4 is 10.7 Å². The Kier molecular flexibility index (Phi) is 7.17. The summed E-state index contributed by atoms with van der Waals surface area (Å²) in [6.45, 7) is 7.00. The van der Waals surface area contributed by atoms with Crippen LogP contribution in [-0.4, -0.2) is 37.8 Å². The van der Waals surface area contributed by atoms with Crippen molar-refractivity contribution in [1.29, 1.82) is 0 Å². The van der Waals surface area contributed by atoms with Gasteiger partial charge in [0.05, 0.1) is 18.4 Å². The molecule has 2 aromatic heterocycles. The van der Waals surface area contributed by atoms with Crippen LogP contribution in [0, 0.1) is 20.8 Å². The molecule has 4 rings (SSSR count). The Morgan fingerprint density at radius 3 is 2.76 bits per heavy atom. The predicted octanol–water partition coefficient (Wildman–Crippen LogP) is 4.12. The van der Waals surface area contributed by atoms with Crippen LogP contribution in [0.25, 0.3) is 11.0 Å². The summed E-state index contributed by atoms with van der Waals surface area (Å²) >= 11 is 0. The number of nitrogens with zero attached hydrogens (tertiary/aromatic N) is 1. The molecule has 0 aliphatic heterocycles. The Balaban J connectivity index is 1.47. The van der Waals surface area contributed by atoms with E-state index >= 15 is 0 Å². The van der Waals surface area contributed by atoms with Crippen LogP contribution in [0.4, 0.5) is 0 Å². The van der Waals surface area contributed by atoms with Crippen LogP contribution in [0.1, 0.15) is 63.4 Å². The first-order valence-electron chi connectivity index (χ1n) is 11.6. The topological polar surface area (TPSA) is 106 Å². The van der Waals surface area contributed by atoms with Gasteiger partial charge < -0.3 is 18.9 Å². The summed E-state index contributed by atoms with van der Waals surface area (Å²) in [6, 6.07) is 4.02. The summed E-state index contributed by atoms with van der Waals surface area (Å²) in [4.78, 5) is 25.3. The van der Waals surface area contributed by atoms with Gasteiger partial charge in [0.25, 0.3) is 5.91 Å². The molecule has 3 aromatic rings. The van der Waals surface area contributed by atoms with E-state index in [0.29, 0.717) is 25.3 Å². The molecular weight excluding hydrogens is 434 g/mol. The van der Waals surface area contributed by atoms with E-state index in [1.165, 1.54) is 0 Å². The van der Waals surface area contributed by atoms with Gasteiger partial charge in [0, 0.05) is 48.8 Å². The number of hydrazone groups is 1. The van der Waals surface area contributed by atoms with Gasteiger partial charge in [-0.05, 0) is 51.2 Å². The SMILES string of the molecule is COCCCNC(=O)c1oc2c(c1C)/C(=N/NC(=O)Cc1coc3c(C)c(C)ccc13)CCC2. The first-order valence-corrected chi connectivity index (χ1v) is 11.6. The molecule has 34 heavy (non-hydrogen) atoms. The summed E-state index contributed by atoms with van der Waals surface area (Å²) in [5.74, 6) is 0.575. The second kappa shape index (κ2) is 10.3. The molecule has 2 heterocycles. The van der Waals surface area contributed by atoms with Crippen molar-refractivity contribution in [2.75, 3.05) is 20.3 Å². The number of carbonyl (C=O) groups excluding carboxylic acids is 2. The smallest absolute Gasteiger partial charge is 0.287 e. The third-order valence-corrected chi connectivity index (χ3v) is 6.35. The molecule has 1 aliphatic rings. The highest BCUT2D eigenvalue weighted by Gasteiger charge is 2.28. The van der Waals surface area contributed by atoms with E-state index in [-0.39, 0.29) is 18.2 Å². The molecule has 0 saturated carbocycles.